The SMILES string of the molecule is [CH2]C(CC)C(CCC)OCC(CC)CCCC. The van der Waals surface area contributed by atoms with Gasteiger partial charge in [0.25, 0.3) is 0 Å². The summed E-state index contributed by atoms with van der Waals surface area (Å²) in [6.45, 7) is 14.1. The Bertz CT molecular complexity index is 156. The van der Waals surface area contributed by atoms with Crippen molar-refractivity contribution < 1.29 is 4.74 Å². The lowest BCUT2D eigenvalue weighted by Gasteiger charge is -2.25. The summed E-state index contributed by atoms with van der Waals surface area (Å²) in [6, 6.07) is 0. The Kier molecular flexibility index (Phi) is 11.0. The molecule has 1 radical (unpaired) electrons. The Morgan fingerprint density at radius 3 is 2.12 bits per heavy atom. The van der Waals surface area contributed by atoms with E-state index in [0.717, 1.165) is 25.4 Å². The predicted molar refractivity (Wildman–Crippen MR) is 77.1 cm³/mol. The van der Waals surface area contributed by atoms with Gasteiger partial charge >= 0.3 is 0 Å². The zero-order valence-electron chi connectivity index (χ0n) is 12.5. The molecular formula is C16H33O. The highest BCUT2D eigenvalue weighted by Crippen LogP contribution is 2.20. The molecule has 0 saturated heterocycles. The Balaban J connectivity index is 3.98. The monoisotopic (exact) mass is 241 g/mol. The van der Waals surface area contributed by atoms with Gasteiger partial charge in [-0.25, -0.2) is 0 Å². The van der Waals surface area contributed by atoms with Gasteiger partial charge in [0.15, 0.2) is 0 Å². The van der Waals surface area contributed by atoms with E-state index in [4.69, 9.17) is 4.74 Å². The first-order chi connectivity index (χ1) is 8.19. The molecule has 17 heavy (non-hydrogen) atoms. The zero-order chi connectivity index (χ0) is 13.1. The van der Waals surface area contributed by atoms with Crippen molar-refractivity contribution in [2.75, 3.05) is 6.61 Å². The van der Waals surface area contributed by atoms with Crippen molar-refractivity contribution in [2.45, 2.75) is 78.7 Å². The normalized spacial score (nSPS) is 16.8. The van der Waals surface area contributed by atoms with Crippen molar-refractivity contribution in [3.63, 3.8) is 0 Å². The third-order valence-corrected chi connectivity index (χ3v) is 3.71. The van der Waals surface area contributed by atoms with E-state index in [1.807, 2.05) is 0 Å². The number of unbranched alkanes of at least 4 members (excludes halogenated alkanes) is 1. The van der Waals surface area contributed by atoms with Crippen LogP contribution in [0.25, 0.3) is 0 Å². The Morgan fingerprint density at radius 1 is 0.941 bits per heavy atom. The number of hydrogen-bond acceptors (Lipinski definition) is 1. The van der Waals surface area contributed by atoms with Gasteiger partial charge in [0, 0.05) is 6.61 Å². The quantitative estimate of drug-likeness (QED) is 0.480. The van der Waals surface area contributed by atoms with Crippen LogP contribution in [0.3, 0.4) is 0 Å². The van der Waals surface area contributed by atoms with Gasteiger partial charge in [-0.05, 0) is 31.6 Å². The van der Waals surface area contributed by atoms with Crippen LogP contribution < -0.4 is 0 Å². The van der Waals surface area contributed by atoms with E-state index in [-0.39, 0.29) is 0 Å². The van der Waals surface area contributed by atoms with Gasteiger partial charge in [0.05, 0.1) is 6.10 Å². The second kappa shape index (κ2) is 11.1. The second-order valence-corrected chi connectivity index (χ2v) is 5.25. The molecule has 3 unspecified atom stereocenters. The topological polar surface area (TPSA) is 9.23 Å². The molecule has 103 valence electrons. The van der Waals surface area contributed by atoms with Crippen molar-refractivity contribution in [1.29, 1.82) is 0 Å². The number of rotatable bonds is 11. The largest absolute Gasteiger partial charge is 0.378 e. The molecule has 0 amide bonds. The summed E-state index contributed by atoms with van der Waals surface area (Å²) in [6.07, 6.45) is 9.04. The summed E-state index contributed by atoms with van der Waals surface area (Å²) in [7, 11) is 0. The lowest BCUT2D eigenvalue weighted by atomic mass is 9.97. The third kappa shape index (κ3) is 7.81. The molecule has 0 aliphatic carbocycles. The van der Waals surface area contributed by atoms with Crippen LogP contribution in [0.15, 0.2) is 0 Å². The summed E-state index contributed by atoms with van der Waals surface area (Å²) in [5, 5.41) is 0. The maximum absolute atomic E-state index is 6.12. The Morgan fingerprint density at radius 2 is 1.65 bits per heavy atom. The van der Waals surface area contributed by atoms with E-state index in [1.54, 1.807) is 0 Å². The van der Waals surface area contributed by atoms with Gasteiger partial charge < -0.3 is 4.74 Å². The minimum atomic E-state index is 0.376. The van der Waals surface area contributed by atoms with E-state index in [9.17, 15) is 0 Å². The molecular weight excluding hydrogens is 208 g/mol. The molecule has 0 aromatic rings. The average molecular weight is 241 g/mol. The van der Waals surface area contributed by atoms with Crippen LogP contribution in [0, 0.1) is 18.8 Å². The molecule has 0 rings (SSSR count). The fourth-order valence-corrected chi connectivity index (χ4v) is 2.16. The summed E-state index contributed by atoms with van der Waals surface area (Å²) < 4.78 is 6.12. The van der Waals surface area contributed by atoms with E-state index >= 15 is 0 Å². The highest BCUT2D eigenvalue weighted by Gasteiger charge is 2.17. The van der Waals surface area contributed by atoms with E-state index in [0.29, 0.717) is 12.0 Å². The van der Waals surface area contributed by atoms with Crippen LogP contribution in [0.4, 0.5) is 0 Å². The van der Waals surface area contributed by atoms with Crippen LogP contribution in [0.1, 0.15) is 72.6 Å². The average Bonchev–Trinajstić information content (AvgIpc) is 2.36. The molecule has 1 nitrogen and oxygen atoms in total. The highest BCUT2D eigenvalue weighted by atomic mass is 16.5. The molecule has 0 spiro atoms. The summed E-state index contributed by atoms with van der Waals surface area (Å²) in [5.74, 6) is 1.21. The van der Waals surface area contributed by atoms with Crippen molar-refractivity contribution in [3.05, 3.63) is 6.92 Å². The highest BCUT2D eigenvalue weighted by molar-refractivity contribution is 4.71. The summed E-state index contributed by atoms with van der Waals surface area (Å²) in [5.41, 5.74) is 0. The molecule has 0 N–H and O–H groups in total. The summed E-state index contributed by atoms with van der Waals surface area (Å²) in [4.78, 5) is 0. The minimum absolute atomic E-state index is 0.376. The van der Waals surface area contributed by atoms with E-state index < -0.39 is 0 Å². The maximum atomic E-state index is 6.12. The molecule has 3 atom stereocenters. The van der Waals surface area contributed by atoms with Gasteiger partial charge in [-0.15, -0.1) is 0 Å². The second-order valence-electron chi connectivity index (χ2n) is 5.25. The molecule has 0 saturated carbocycles. The lowest BCUT2D eigenvalue weighted by molar-refractivity contribution is -0.00456. The predicted octanol–water partition coefficient (Wildman–Crippen LogP) is 5.25. The van der Waals surface area contributed by atoms with Crippen LogP contribution in [0.2, 0.25) is 0 Å². The van der Waals surface area contributed by atoms with Gasteiger partial charge in [0.1, 0.15) is 0 Å². The molecule has 0 aliphatic rings. The van der Waals surface area contributed by atoms with Crippen molar-refractivity contribution in [2.24, 2.45) is 11.8 Å². The first-order valence-electron chi connectivity index (χ1n) is 7.64. The van der Waals surface area contributed by atoms with Crippen LogP contribution >= 0.6 is 0 Å². The van der Waals surface area contributed by atoms with Gasteiger partial charge in [-0.3, -0.25) is 0 Å². The van der Waals surface area contributed by atoms with Crippen molar-refractivity contribution in [1.82, 2.24) is 0 Å². The van der Waals surface area contributed by atoms with E-state index in [2.05, 4.69) is 34.6 Å². The van der Waals surface area contributed by atoms with Crippen LogP contribution in [-0.2, 0) is 4.74 Å². The molecule has 0 bridgehead atoms. The Hall–Kier alpha value is -0.0400. The molecule has 0 heterocycles. The van der Waals surface area contributed by atoms with Gasteiger partial charge in [0.2, 0.25) is 0 Å². The lowest BCUT2D eigenvalue weighted by Crippen LogP contribution is -2.24. The maximum Gasteiger partial charge on any atom is 0.0603 e. The zero-order valence-corrected chi connectivity index (χ0v) is 12.5. The van der Waals surface area contributed by atoms with Crippen molar-refractivity contribution in [3.8, 4) is 0 Å². The summed E-state index contributed by atoms with van der Waals surface area (Å²) >= 11 is 0. The smallest absolute Gasteiger partial charge is 0.0603 e. The molecule has 0 fully saturated rings. The van der Waals surface area contributed by atoms with Gasteiger partial charge in [-0.2, -0.15) is 0 Å². The molecule has 0 aliphatic heterocycles. The standard InChI is InChI=1S/C16H33O/c1-6-10-12-15(9-4)13-17-16(11-7-2)14(5)8-3/h14-16H,5-13H2,1-4H3. The minimum Gasteiger partial charge on any atom is -0.378 e. The molecule has 0 aromatic carbocycles. The first kappa shape index (κ1) is 17.0. The number of ether oxygens (including phenoxy) is 1. The molecule has 1 heteroatoms. The van der Waals surface area contributed by atoms with E-state index in [1.165, 1.54) is 32.1 Å². The first-order valence-corrected chi connectivity index (χ1v) is 7.64. The fraction of sp³-hybridized carbons (Fsp3) is 0.938. The van der Waals surface area contributed by atoms with Crippen molar-refractivity contribution >= 4 is 0 Å². The fourth-order valence-electron chi connectivity index (χ4n) is 2.16. The molecule has 0 aromatic heterocycles. The third-order valence-electron chi connectivity index (χ3n) is 3.71. The number of hydrogen-bond donors (Lipinski definition) is 0. The Labute approximate surface area is 109 Å². The van der Waals surface area contributed by atoms with Crippen LogP contribution in [-0.4, -0.2) is 12.7 Å². The van der Waals surface area contributed by atoms with Crippen LogP contribution in [0.5, 0.6) is 0 Å². The van der Waals surface area contributed by atoms with Gasteiger partial charge in [-0.1, -0.05) is 59.8 Å².